The van der Waals surface area contributed by atoms with E-state index in [4.69, 9.17) is 9.15 Å². The third-order valence-electron chi connectivity index (χ3n) is 9.66. The molecule has 0 saturated carbocycles. The second-order valence-corrected chi connectivity index (χ2v) is 12.5. The molecule has 3 atom stereocenters. The van der Waals surface area contributed by atoms with Crippen LogP contribution in [0.2, 0.25) is 0 Å². The van der Waals surface area contributed by atoms with Gasteiger partial charge in [0.1, 0.15) is 5.76 Å². The summed E-state index contributed by atoms with van der Waals surface area (Å²) in [4.78, 5) is 62.5. The van der Waals surface area contributed by atoms with Gasteiger partial charge in [0.05, 0.1) is 37.5 Å². The smallest absolute Gasteiger partial charge is 0.228 e. The van der Waals surface area contributed by atoms with Gasteiger partial charge in [-0.2, -0.15) is 0 Å². The summed E-state index contributed by atoms with van der Waals surface area (Å²) in [6, 6.07) is 9.78. The Morgan fingerprint density at radius 2 is 1.93 bits per heavy atom. The van der Waals surface area contributed by atoms with E-state index in [0.29, 0.717) is 57.9 Å². The van der Waals surface area contributed by atoms with E-state index in [1.165, 1.54) is 0 Å². The van der Waals surface area contributed by atoms with Crippen molar-refractivity contribution < 1.29 is 28.3 Å². The Morgan fingerprint density at radius 3 is 2.66 bits per heavy atom. The van der Waals surface area contributed by atoms with Gasteiger partial charge in [-0.25, -0.2) is 0 Å². The highest BCUT2D eigenvalue weighted by Crippen LogP contribution is 2.50. The van der Waals surface area contributed by atoms with Crippen molar-refractivity contribution in [3.05, 3.63) is 59.2 Å². The summed E-state index contributed by atoms with van der Waals surface area (Å²) in [5.74, 6) is -0.788. The average molecular weight is 604 g/mol. The first kappa shape index (κ1) is 29.9. The van der Waals surface area contributed by atoms with Crippen molar-refractivity contribution >= 4 is 34.5 Å². The summed E-state index contributed by atoms with van der Waals surface area (Å²) in [6.07, 6.45) is 3.53. The average Bonchev–Trinajstić information content (AvgIpc) is 3.68. The molecule has 11 nitrogen and oxygen atoms in total. The van der Waals surface area contributed by atoms with Crippen LogP contribution in [0.25, 0.3) is 10.9 Å². The highest BCUT2D eigenvalue weighted by molar-refractivity contribution is 5.93. The number of aromatic amines is 1. The fourth-order valence-electron chi connectivity index (χ4n) is 7.16. The number of nitrogens with one attached hydrogen (secondary N) is 2. The first-order chi connectivity index (χ1) is 21.2. The van der Waals surface area contributed by atoms with Gasteiger partial charge in [-0.05, 0) is 55.5 Å². The number of hydrogen-bond acceptors (Lipinski definition) is 6. The maximum Gasteiger partial charge on any atom is 0.228 e. The summed E-state index contributed by atoms with van der Waals surface area (Å²) < 4.78 is 10.8. The zero-order valence-electron chi connectivity index (χ0n) is 25.7. The quantitative estimate of drug-likeness (QED) is 0.408. The van der Waals surface area contributed by atoms with Gasteiger partial charge in [-0.1, -0.05) is 12.1 Å². The maximum absolute atomic E-state index is 14.3. The lowest BCUT2D eigenvalue weighted by atomic mass is 9.67. The number of amides is 4. The number of rotatable bonds is 8. The van der Waals surface area contributed by atoms with Crippen LogP contribution in [0.1, 0.15) is 48.8 Å². The second kappa shape index (κ2) is 12.1. The van der Waals surface area contributed by atoms with Crippen LogP contribution in [0, 0.1) is 11.8 Å². The number of morpholine rings is 1. The topological polar surface area (TPSA) is 128 Å². The number of ether oxygens (including phenoxy) is 1. The van der Waals surface area contributed by atoms with Crippen molar-refractivity contribution in [1.82, 2.24) is 25.0 Å². The fraction of sp³-hybridized carbons (Fsp3) is 0.515. The Kier molecular flexibility index (Phi) is 8.24. The summed E-state index contributed by atoms with van der Waals surface area (Å²) in [7, 11) is 3.52. The maximum atomic E-state index is 14.3. The highest BCUT2D eigenvalue weighted by Gasteiger charge is 2.57. The highest BCUT2D eigenvalue weighted by atomic mass is 16.5. The molecule has 0 bridgehead atoms. The van der Waals surface area contributed by atoms with E-state index in [2.05, 4.69) is 28.5 Å². The molecular weight excluding hydrogens is 562 g/mol. The van der Waals surface area contributed by atoms with Crippen molar-refractivity contribution in [3.8, 4) is 0 Å². The van der Waals surface area contributed by atoms with Crippen molar-refractivity contribution in [2.45, 2.75) is 51.1 Å². The minimum Gasteiger partial charge on any atom is -0.467 e. The Labute approximate surface area is 256 Å². The van der Waals surface area contributed by atoms with Gasteiger partial charge in [0, 0.05) is 69.1 Å². The summed E-state index contributed by atoms with van der Waals surface area (Å²) in [5, 5.41) is 3.94. The molecule has 2 saturated heterocycles. The standard InChI is InChI=1S/C33H41N5O6/c1-33-26(32(42)37-12-15-43-16-13-37)18-22(19-28(39)34-20-23-5-4-14-44-23)31(41)38(33)11-10-25-24-8-6-21(7-9-29(40)36(2)3)17-27(24)35-30(25)33/h4-6,8,14,17,22,26,35H,7,9-13,15-16,18-20H2,1-3H3,(H,34,39)/t22-,26-,33+/m1/s1. The van der Waals surface area contributed by atoms with Gasteiger partial charge in [0.2, 0.25) is 23.6 Å². The molecule has 5 heterocycles. The van der Waals surface area contributed by atoms with Crippen molar-refractivity contribution in [2.24, 2.45) is 11.8 Å². The molecule has 234 valence electrons. The molecule has 3 aliphatic rings. The van der Waals surface area contributed by atoms with Gasteiger partial charge >= 0.3 is 0 Å². The molecule has 1 aromatic carbocycles. The molecule has 44 heavy (non-hydrogen) atoms. The van der Waals surface area contributed by atoms with Gasteiger partial charge in [-0.3, -0.25) is 19.2 Å². The lowest BCUT2D eigenvalue weighted by Gasteiger charge is -2.54. The number of piperidine rings is 1. The van der Waals surface area contributed by atoms with Crippen molar-refractivity contribution in [3.63, 3.8) is 0 Å². The molecule has 0 radical (unpaired) electrons. The molecular formula is C33H41N5O6. The number of carbonyl (C=O) groups is 4. The number of carbonyl (C=O) groups excluding carboxylic acids is 4. The number of hydrogen-bond donors (Lipinski definition) is 2. The van der Waals surface area contributed by atoms with Gasteiger partial charge in [0.15, 0.2) is 0 Å². The lowest BCUT2D eigenvalue weighted by molar-refractivity contribution is -0.166. The molecule has 11 heteroatoms. The van der Waals surface area contributed by atoms with Crippen molar-refractivity contribution in [2.75, 3.05) is 46.9 Å². The van der Waals surface area contributed by atoms with E-state index in [1.54, 1.807) is 37.4 Å². The predicted molar refractivity (Wildman–Crippen MR) is 162 cm³/mol. The van der Waals surface area contributed by atoms with Crippen LogP contribution in [0.3, 0.4) is 0 Å². The number of fused-ring (bicyclic) bond motifs is 5. The molecule has 0 spiro atoms. The Balaban J connectivity index is 1.31. The van der Waals surface area contributed by atoms with Crippen LogP contribution < -0.4 is 5.32 Å². The molecule has 4 amide bonds. The lowest BCUT2D eigenvalue weighted by Crippen LogP contribution is -2.65. The third kappa shape index (κ3) is 5.49. The van der Waals surface area contributed by atoms with Crippen LogP contribution in [0.4, 0.5) is 0 Å². The molecule has 0 unspecified atom stereocenters. The number of aryl methyl sites for hydroxylation is 1. The predicted octanol–water partition coefficient (Wildman–Crippen LogP) is 2.58. The van der Waals surface area contributed by atoms with E-state index >= 15 is 0 Å². The Hall–Kier alpha value is -4.12. The number of aromatic nitrogens is 1. The monoisotopic (exact) mass is 603 g/mol. The van der Waals surface area contributed by atoms with E-state index in [-0.39, 0.29) is 43.0 Å². The molecule has 0 aliphatic carbocycles. The van der Waals surface area contributed by atoms with Gasteiger partial charge in [0.25, 0.3) is 0 Å². The number of H-pyrrole nitrogens is 1. The zero-order chi connectivity index (χ0) is 31.0. The van der Waals surface area contributed by atoms with E-state index in [1.807, 2.05) is 16.7 Å². The SMILES string of the molecule is CN(C)C(=O)CCc1ccc2c3c([nH]c2c1)[C@]1(C)[C@@H](C(=O)N2CCOCC2)C[C@H](CC(=O)NCc2ccco2)C(=O)N1CC3. The third-order valence-corrected chi connectivity index (χ3v) is 9.66. The first-order valence-corrected chi connectivity index (χ1v) is 15.5. The fourth-order valence-corrected chi connectivity index (χ4v) is 7.16. The molecule has 3 aromatic rings. The van der Waals surface area contributed by atoms with Gasteiger partial charge in [-0.15, -0.1) is 0 Å². The Morgan fingerprint density at radius 1 is 1.14 bits per heavy atom. The van der Waals surface area contributed by atoms with Crippen molar-refractivity contribution in [1.29, 1.82) is 0 Å². The van der Waals surface area contributed by atoms with E-state index in [9.17, 15) is 19.2 Å². The van der Waals surface area contributed by atoms with Crippen LogP contribution >= 0.6 is 0 Å². The second-order valence-electron chi connectivity index (χ2n) is 12.5. The van der Waals surface area contributed by atoms with Crippen LogP contribution in [-0.4, -0.2) is 90.3 Å². The normalized spacial score (nSPS) is 23.3. The van der Waals surface area contributed by atoms with Crippen LogP contribution in [0.5, 0.6) is 0 Å². The summed E-state index contributed by atoms with van der Waals surface area (Å²) in [6.45, 7) is 4.68. The molecule has 2 aromatic heterocycles. The summed E-state index contributed by atoms with van der Waals surface area (Å²) in [5.41, 5.74) is 3.10. The van der Waals surface area contributed by atoms with Crippen LogP contribution in [-0.2, 0) is 48.8 Å². The molecule has 2 fully saturated rings. The molecule has 2 N–H and O–H groups in total. The van der Waals surface area contributed by atoms with Gasteiger partial charge < -0.3 is 34.2 Å². The number of furan rings is 1. The van der Waals surface area contributed by atoms with E-state index < -0.39 is 17.4 Å². The molecule has 3 aliphatic heterocycles. The van der Waals surface area contributed by atoms with E-state index in [0.717, 1.165) is 27.7 Å². The summed E-state index contributed by atoms with van der Waals surface area (Å²) >= 11 is 0. The molecule has 6 rings (SSSR count). The minimum atomic E-state index is -0.902. The Bertz CT molecular complexity index is 1560. The first-order valence-electron chi connectivity index (χ1n) is 15.5. The minimum absolute atomic E-state index is 0.00754. The van der Waals surface area contributed by atoms with Crippen LogP contribution in [0.15, 0.2) is 41.0 Å². The zero-order valence-corrected chi connectivity index (χ0v) is 25.7. The number of benzene rings is 1. The largest absolute Gasteiger partial charge is 0.467 e. The number of nitrogens with zero attached hydrogens (tertiary/aromatic N) is 3.